The van der Waals surface area contributed by atoms with Crippen molar-refractivity contribution in [1.29, 1.82) is 0 Å². The van der Waals surface area contributed by atoms with Gasteiger partial charge >= 0.3 is 6.03 Å². The molecule has 1 atom stereocenters. The van der Waals surface area contributed by atoms with Gasteiger partial charge in [0, 0.05) is 7.05 Å². The summed E-state index contributed by atoms with van der Waals surface area (Å²) in [5.41, 5.74) is 0.0214. The third-order valence-electron chi connectivity index (χ3n) is 5.82. The predicted molar refractivity (Wildman–Crippen MR) is 106 cm³/mol. The lowest BCUT2D eigenvalue weighted by Crippen LogP contribution is -2.46. The summed E-state index contributed by atoms with van der Waals surface area (Å²) in [5.74, 6) is -0.882. The van der Waals surface area contributed by atoms with Crippen molar-refractivity contribution in [3.05, 3.63) is 46.4 Å². The van der Waals surface area contributed by atoms with Gasteiger partial charge in [-0.2, -0.15) is 0 Å². The number of urea groups is 1. The fourth-order valence-electron chi connectivity index (χ4n) is 3.83. The average molecular weight is 397 g/mol. The molecule has 2 aliphatic rings. The van der Waals surface area contributed by atoms with E-state index in [0.717, 1.165) is 17.7 Å². The van der Waals surface area contributed by atoms with Crippen molar-refractivity contribution >= 4 is 23.5 Å². The number of para-hydroxylation sites is 1. The summed E-state index contributed by atoms with van der Waals surface area (Å²) in [4.78, 5) is 51.3. The Balaban J connectivity index is 1.55. The molecule has 2 heterocycles. The average Bonchev–Trinajstić information content (AvgIpc) is 3.49. The second kappa shape index (κ2) is 6.61. The number of carbonyl (C=O) groups is 3. The summed E-state index contributed by atoms with van der Waals surface area (Å²) in [6, 6.07) is 8.48. The normalized spacial score (nSPS) is 21.4. The van der Waals surface area contributed by atoms with Gasteiger partial charge in [0.15, 0.2) is 0 Å². The zero-order chi connectivity index (χ0) is 20.9. The molecular weight excluding hydrogens is 374 g/mol. The van der Waals surface area contributed by atoms with E-state index in [1.54, 1.807) is 37.7 Å². The van der Waals surface area contributed by atoms with E-state index >= 15 is 0 Å². The van der Waals surface area contributed by atoms with E-state index in [4.69, 9.17) is 0 Å². The van der Waals surface area contributed by atoms with Crippen LogP contribution >= 0.6 is 0 Å². The number of rotatable bonds is 5. The van der Waals surface area contributed by atoms with Gasteiger partial charge in [-0.05, 0) is 44.7 Å². The predicted octanol–water partition coefficient (Wildman–Crippen LogP) is 1.14. The van der Waals surface area contributed by atoms with E-state index in [9.17, 15) is 19.2 Å². The molecule has 9 nitrogen and oxygen atoms in total. The van der Waals surface area contributed by atoms with Gasteiger partial charge in [-0.15, -0.1) is 0 Å². The first-order valence-electron chi connectivity index (χ1n) is 9.52. The lowest BCUT2D eigenvalue weighted by atomic mass is 9.96. The Labute approximate surface area is 167 Å². The largest absolute Gasteiger partial charge is 0.325 e. The van der Waals surface area contributed by atoms with Crippen LogP contribution in [0.2, 0.25) is 0 Å². The number of imide groups is 1. The van der Waals surface area contributed by atoms with Gasteiger partial charge in [-0.1, -0.05) is 18.2 Å². The number of hydrogen-bond donors (Lipinski definition) is 2. The van der Waals surface area contributed by atoms with Crippen LogP contribution in [0.15, 0.2) is 35.1 Å². The second-order valence-corrected chi connectivity index (χ2v) is 7.78. The van der Waals surface area contributed by atoms with Crippen LogP contribution in [0.1, 0.15) is 25.5 Å². The van der Waals surface area contributed by atoms with Crippen molar-refractivity contribution in [2.45, 2.75) is 32.2 Å². The molecule has 4 rings (SSSR count). The van der Waals surface area contributed by atoms with Crippen LogP contribution in [-0.2, 0) is 16.6 Å². The first-order valence-corrected chi connectivity index (χ1v) is 9.52. The van der Waals surface area contributed by atoms with E-state index in [-0.39, 0.29) is 17.2 Å². The van der Waals surface area contributed by atoms with Gasteiger partial charge in [0.1, 0.15) is 17.8 Å². The lowest BCUT2D eigenvalue weighted by molar-refractivity contribution is -0.134. The molecule has 1 aromatic carbocycles. The molecule has 4 amide bonds. The van der Waals surface area contributed by atoms with E-state index in [0.29, 0.717) is 11.4 Å². The third kappa shape index (κ3) is 3.02. The topological polar surface area (TPSA) is 105 Å². The minimum absolute atomic E-state index is 0.112. The highest BCUT2D eigenvalue weighted by Gasteiger charge is 2.56. The van der Waals surface area contributed by atoms with E-state index in [1.807, 2.05) is 18.2 Å². The molecule has 0 bridgehead atoms. The number of aromatic nitrogens is 2. The number of carbonyl (C=O) groups excluding carboxylic acids is 3. The summed E-state index contributed by atoms with van der Waals surface area (Å²) in [5, 5.41) is 5.29. The quantitative estimate of drug-likeness (QED) is 0.738. The molecule has 1 aliphatic heterocycles. The molecule has 0 spiro atoms. The lowest BCUT2D eigenvalue weighted by Gasteiger charge is -2.20. The number of nitrogens with zero attached hydrogens (tertiary/aromatic N) is 3. The van der Waals surface area contributed by atoms with Crippen molar-refractivity contribution in [2.75, 3.05) is 11.9 Å². The van der Waals surface area contributed by atoms with E-state index in [2.05, 4.69) is 10.6 Å². The summed E-state index contributed by atoms with van der Waals surface area (Å²) < 4.78 is 3.09. The molecule has 2 N–H and O–H groups in total. The molecule has 29 heavy (non-hydrogen) atoms. The molecule has 1 unspecified atom stereocenters. The van der Waals surface area contributed by atoms with Gasteiger partial charge in [0.2, 0.25) is 5.91 Å². The first kappa shape index (κ1) is 19.0. The standard InChI is InChI=1S/C20H23N5O4/c1-12-16(17(27)25(23(12)3)14-7-5-4-6-8-14)21-15(26)11-24-18(28)20(2,13-9-10-13)22-19(24)29/h4-8,13H,9-11H2,1-3H3,(H,21,26)(H,22,29). The first-order chi connectivity index (χ1) is 13.7. The number of anilines is 1. The SMILES string of the molecule is Cc1c(NC(=O)CN2C(=O)NC(C)(C3CC3)C2=O)c(=O)n(-c2ccccc2)n1C. The molecule has 152 valence electrons. The van der Waals surface area contributed by atoms with E-state index < -0.39 is 29.9 Å². The van der Waals surface area contributed by atoms with Crippen LogP contribution in [0.3, 0.4) is 0 Å². The molecule has 2 fully saturated rings. The Morgan fingerprint density at radius 2 is 1.86 bits per heavy atom. The Hall–Kier alpha value is -3.36. The highest BCUT2D eigenvalue weighted by atomic mass is 16.2. The fraction of sp³-hybridized carbons (Fsp3) is 0.400. The highest BCUT2D eigenvalue weighted by molar-refractivity contribution is 6.10. The van der Waals surface area contributed by atoms with Gasteiger partial charge in [0.05, 0.1) is 11.4 Å². The Morgan fingerprint density at radius 3 is 2.48 bits per heavy atom. The molecule has 1 saturated heterocycles. The molecule has 0 radical (unpaired) electrons. The smallest absolute Gasteiger partial charge is 0.323 e. The van der Waals surface area contributed by atoms with Gasteiger partial charge in [-0.25, -0.2) is 9.48 Å². The maximum atomic E-state index is 12.9. The minimum atomic E-state index is -0.944. The summed E-state index contributed by atoms with van der Waals surface area (Å²) in [6.45, 7) is 2.98. The van der Waals surface area contributed by atoms with Crippen LogP contribution in [0.5, 0.6) is 0 Å². The zero-order valence-electron chi connectivity index (χ0n) is 16.6. The summed E-state index contributed by atoms with van der Waals surface area (Å²) >= 11 is 0. The van der Waals surface area contributed by atoms with Crippen LogP contribution in [0.4, 0.5) is 10.5 Å². The third-order valence-corrected chi connectivity index (χ3v) is 5.82. The van der Waals surface area contributed by atoms with Crippen molar-refractivity contribution in [2.24, 2.45) is 13.0 Å². The molecule has 9 heteroatoms. The molecular formula is C20H23N5O4. The Bertz CT molecular complexity index is 1070. The summed E-state index contributed by atoms with van der Waals surface area (Å²) in [6.07, 6.45) is 1.76. The highest BCUT2D eigenvalue weighted by Crippen LogP contribution is 2.42. The number of nitrogens with one attached hydrogen (secondary N) is 2. The van der Waals surface area contributed by atoms with Gasteiger partial charge < -0.3 is 10.6 Å². The van der Waals surface area contributed by atoms with Gasteiger partial charge in [-0.3, -0.25) is 24.0 Å². The monoisotopic (exact) mass is 397 g/mol. The van der Waals surface area contributed by atoms with Crippen molar-refractivity contribution < 1.29 is 14.4 Å². The fourth-order valence-corrected chi connectivity index (χ4v) is 3.83. The van der Waals surface area contributed by atoms with Gasteiger partial charge in [0.25, 0.3) is 11.5 Å². The minimum Gasteiger partial charge on any atom is -0.323 e. The Morgan fingerprint density at radius 1 is 1.21 bits per heavy atom. The summed E-state index contributed by atoms with van der Waals surface area (Å²) in [7, 11) is 1.72. The van der Waals surface area contributed by atoms with Crippen molar-refractivity contribution in [3.63, 3.8) is 0 Å². The Kier molecular flexibility index (Phi) is 4.33. The van der Waals surface area contributed by atoms with Crippen LogP contribution < -0.4 is 16.2 Å². The van der Waals surface area contributed by atoms with Crippen molar-refractivity contribution in [3.8, 4) is 5.69 Å². The van der Waals surface area contributed by atoms with E-state index in [1.165, 1.54) is 4.68 Å². The van der Waals surface area contributed by atoms with Crippen molar-refractivity contribution in [1.82, 2.24) is 19.6 Å². The number of hydrogen-bond acceptors (Lipinski definition) is 4. The zero-order valence-corrected chi connectivity index (χ0v) is 16.6. The van der Waals surface area contributed by atoms with Crippen LogP contribution in [-0.4, -0.2) is 44.2 Å². The molecule has 1 aromatic heterocycles. The maximum absolute atomic E-state index is 12.9. The van der Waals surface area contributed by atoms with Crippen LogP contribution in [0, 0.1) is 12.8 Å². The number of amides is 4. The molecule has 1 aliphatic carbocycles. The molecule has 1 saturated carbocycles. The maximum Gasteiger partial charge on any atom is 0.325 e. The number of benzene rings is 1. The molecule has 2 aromatic rings. The van der Waals surface area contributed by atoms with Crippen LogP contribution in [0.25, 0.3) is 5.69 Å². The second-order valence-electron chi connectivity index (χ2n) is 7.78.